The van der Waals surface area contributed by atoms with E-state index in [1.54, 1.807) is 13.1 Å². The average Bonchev–Trinajstić information content (AvgIpc) is 3.18. The molecule has 26 heavy (non-hydrogen) atoms. The van der Waals surface area contributed by atoms with Crippen LogP contribution in [0, 0.1) is 6.92 Å². The van der Waals surface area contributed by atoms with Crippen LogP contribution in [0.5, 0.6) is 0 Å². The van der Waals surface area contributed by atoms with E-state index in [0.717, 1.165) is 34.9 Å². The molecule has 1 aliphatic rings. The lowest BCUT2D eigenvalue weighted by Gasteiger charge is -2.31. The summed E-state index contributed by atoms with van der Waals surface area (Å²) in [5, 5.41) is 3.27. The van der Waals surface area contributed by atoms with Crippen LogP contribution in [0.1, 0.15) is 38.2 Å². The van der Waals surface area contributed by atoms with Crippen molar-refractivity contribution < 1.29 is 9.59 Å². The molecule has 0 aromatic carbocycles. The number of primary amides is 1. The van der Waals surface area contributed by atoms with Crippen LogP contribution in [-0.4, -0.2) is 43.9 Å². The first-order valence-electron chi connectivity index (χ1n) is 8.53. The van der Waals surface area contributed by atoms with E-state index in [4.69, 9.17) is 5.73 Å². The molecular weight excluding hydrogens is 352 g/mol. The highest BCUT2D eigenvalue weighted by atomic mass is 32.1. The molecule has 3 N–H and O–H groups in total. The Bertz CT molecular complexity index is 852. The third-order valence-corrected chi connectivity index (χ3v) is 5.78. The Hall–Kier alpha value is -2.55. The fraction of sp³-hybridized carbons (Fsp3) is 0.471. The predicted octanol–water partition coefficient (Wildman–Crippen LogP) is 2.34. The quantitative estimate of drug-likeness (QED) is 0.852. The largest absolute Gasteiger partial charge is 0.368 e. The fourth-order valence-corrected chi connectivity index (χ4v) is 4.01. The second-order valence-electron chi connectivity index (χ2n) is 6.47. The Morgan fingerprint density at radius 3 is 2.88 bits per heavy atom. The molecule has 1 atom stereocenters. The van der Waals surface area contributed by atoms with E-state index in [0.29, 0.717) is 18.1 Å². The van der Waals surface area contributed by atoms with Gasteiger partial charge in [0.2, 0.25) is 5.91 Å². The maximum absolute atomic E-state index is 12.6. The van der Waals surface area contributed by atoms with Crippen molar-refractivity contribution in [1.82, 2.24) is 19.9 Å². The van der Waals surface area contributed by atoms with E-state index < -0.39 is 11.4 Å². The molecule has 1 fully saturated rings. The van der Waals surface area contributed by atoms with Gasteiger partial charge in [-0.05, 0) is 32.8 Å². The van der Waals surface area contributed by atoms with Gasteiger partial charge in [-0.2, -0.15) is 0 Å². The molecule has 0 aliphatic carbocycles. The number of aromatic nitrogens is 3. The minimum atomic E-state index is -0.956. The van der Waals surface area contributed by atoms with Gasteiger partial charge in [-0.15, -0.1) is 0 Å². The third kappa shape index (κ3) is 3.26. The Labute approximate surface area is 155 Å². The first-order valence-corrected chi connectivity index (χ1v) is 9.35. The second-order valence-corrected chi connectivity index (χ2v) is 7.47. The van der Waals surface area contributed by atoms with E-state index in [-0.39, 0.29) is 6.03 Å². The van der Waals surface area contributed by atoms with Crippen LogP contribution in [0.15, 0.2) is 12.3 Å². The highest BCUT2D eigenvalue weighted by Gasteiger charge is 2.44. The lowest BCUT2D eigenvalue weighted by molar-refractivity contribution is -0.126. The summed E-state index contributed by atoms with van der Waals surface area (Å²) >= 11 is 1.35. The van der Waals surface area contributed by atoms with Crippen molar-refractivity contribution in [3.05, 3.63) is 23.8 Å². The zero-order valence-electron chi connectivity index (χ0n) is 15.1. The number of rotatable bonds is 4. The van der Waals surface area contributed by atoms with Crippen molar-refractivity contribution in [3.63, 3.8) is 0 Å². The standard InChI is InChI=1S/C17H22N6O2S/c1-4-12-19-8-6-11(21-12)13-10(2)20-15(26-13)22-16(25)23-9-5-7-17(23,3)14(18)24/h6,8H,4-5,7,9H2,1-3H3,(H2,18,24)(H,20,22,25)/t17-/m0/s1. The van der Waals surface area contributed by atoms with Gasteiger partial charge in [-0.1, -0.05) is 18.3 Å². The van der Waals surface area contributed by atoms with E-state index in [1.807, 2.05) is 19.9 Å². The summed E-state index contributed by atoms with van der Waals surface area (Å²) in [4.78, 5) is 39.9. The summed E-state index contributed by atoms with van der Waals surface area (Å²) in [5.41, 5.74) is 6.11. The zero-order valence-corrected chi connectivity index (χ0v) is 15.9. The van der Waals surface area contributed by atoms with Crippen molar-refractivity contribution in [2.75, 3.05) is 11.9 Å². The molecule has 0 radical (unpaired) electrons. The van der Waals surface area contributed by atoms with Gasteiger partial charge in [0.05, 0.1) is 16.3 Å². The second kappa shape index (κ2) is 6.99. The Morgan fingerprint density at radius 1 is 1.42 bits per heavy atom. The number of urea groups is 1. The van der Waals surface area contributed by atoms with Crippen molar-refractivity contribution in [1.29, 1.82) is 0 Å². The molecular formula is C17H22N6O2S. The zero-order chi connectivity index (χ0) is 18.9. The Kier molecular flexibility index (Phi) is 4.90. The van der Waals surface area contributed by atoms with Gasteiger partial charge in [-0.3, -0.25) is 10.1 Å². The summed E-state index contributed by atoms with van der Waals surface area (Å²) in [7, 11) is 0. The van der Waals surface area contributed by atoms with Crippen molar-refractivity contribution >= 4 is 28.4 Å². The summed E-state index contributed by atoms with van der Waals surface area (Å²) in [5.74, 6) is 0.268. The maximum Gasteiger partial charge on any atom is 0.324 e. The maximum atomic E-state index is 12.6. The molecule has 3 rings (SSSR count). The van der Waals surface area contributed by atoms with Gasteiger partial charge < -0.3 is 10.6 Å². The molecule has 2 aromatic rings. The number of nitrogens with two attached hydrogens (primary N) is 1. The topological polar surface area (TPSA) is 114 Å². The minimum absolute atomic E-state index is 0.360. The SMILES string of the molecule is CCc1nccc(-c2sc(NC(=O)N3CCC[C@@]3(C)C(N)=O)nc2C)n1. The average molecular weight is 374 g/mol. The molecule has 2 aromatic heterocycles. The molecule has 0 spiro atoms. The van der Waals surface area contributed by atoms with E-state index in [9.17, 15) is 9.59 Å². The van der Waals surface area contributed by atoms with Crippen LogP contribution in [-0.2, 0) is 11.2 Å². The number of nitrogens with one attached hydrogen (secondary N) is 1. The van der Waals surface area contributed by atoms with Crippen LogP contribution in [0.4, 0.5) is 9.93 Å². The van der Waals surface area contributed by atoms with Crippen LogP contribution in [0.3, 0.4) is 0 Å². The summed E-state index contributed by atoms with van der Waals surface area (Å²) < 4.78 is 0. The minimum Gasteiger partial charge on any atom is -0.368 e. The van der Waals surface area contributed by atoms with Gasteiger partial charge in [0, 0.05) is 19.2 Å². The molecule has 1 saturated heterocycles. The number of amides is 3. The first kappa shape index (κ1) is 18.2. The van der Waals surface area contributed by atoms with Crippen molar-refractivity contribution in [2.45, 2.75) is 45.6 Å². The number of carbonyl (C=O) groups excluding carboxylic acids is 2. The molecule has 0 bridgehead atoms. The van der Waals surface area contributed by atoms with E-state index in [2.05, 4.69) is 20.3 Å². The molecule has 138 valence electrons. The number of carbonyl (C=O) groups is 2. The van der Waals surface area contributed by atoms with Crippen LogP contribution in [0.2, 0.25) is 0 Å². The number of anilines is 1. The van der Waals surface area contributed by atoms with Crippen molar-refractivity contribution in [2.24, 2.45) is 5.73 Å². The number of likely N-dealkylation sites (tertiary alicyclic amines) is 1. The number of hydrogen-bond donors (Lipinski definition) is 2. The Balaban J connectivity index is 1.81. The number of aryl methyl sites for hydroxylation is 2. The fourth-order valence-electron chi connectivity index (χ4n) is 3.09. The lowest BCUT2D eigenvalue weighted by atomic mass is 9.98. The van der Waals surface area contributed by atoms with Gasteiger partial charge in [-0.25, -0.2) is 19.7 Å². The third-order valence-electron chi connectivity index (χ3n) is 4.68. The lowest BCUT2D eigenvalue weighted by Crippen LogP contribution is -2.55. The van der Waals surface area contributed by atoms with E-state index in [1.165, 1.54) is 16.2 Å². The smallest absolute Gasteiger partial charge is 0.324 e. The van der Waals surface area contributed by atoms with Crippen molar-refractivity contribution in [3.8, 4) is 10.6 Å². The van der Waals surface area contributed by atoms with Gasteiger partial charge >= 0.3 is 6.03 Å². The molecule has 0 saturated carbocycles. The van der Waals surface area contributed by atoms with E-state index >= 15 is 0 Å². The van der Waals surface area contributed by atoms with Gasteiger partial charge in [0.15, 0.2) is 5.13 Å². The highest BCUT2D eigenvalue weighted by Crippen LogP contribution is 2.33. The van der Waals surface area contributed by atoms with Gasteiger partial charge in [0.1, 0.15) is 11.4 Å². The van der Waals surface area contributed by atoms with Gasteiger partial charge in [0.25, 0.3) is 0 Å². The van der Waals surface area contributed by atoms with Crippen LogP contribution < -0.4 is 11.1 Å². The number of nitrogens with zero attached hydrogens (tertiary/aromatic N) is 4. The Morgan fingerprint density at radius 2 is 2.19 bits per heavy atom. The molecule has 0 unspecified atom stereocenters. The van der Waals surface area contributed by atoms with Crippen LogP contribution >= 0.6 is 11.3 Å². The summed E-state index contributed by atoms with van der Waals surface area (Å²) in [6.07, 6.45) is 3.78. The summed E-state index contributed by atoms with van der Waals surface area (Å²) in [6.45, 7) is 6.07. The highest BCUT2D eigenvalue weighted by molar-refractivity contribution is 7.19. The first-order chi connectivity index (χ1) is 12.3. The molecule has 3 amide bonds. The number of hydrogen-bond acceptors (Lipinski definition) is 6. The molecule has 9 heteroatoms. The molecule has 8 nitrogen and oxygen atoms in total. The monoisotopic (exact) mass is 374 g/mol. The molecule has 3 heterocycles. The number of thiazole rings is 1. The predicted molar refractivity (Wildman–Crippen MR) is 99.8 cm³/mol. The normalized spacial score (nSPS) is 19.6. The van der Waals surface area contributed by atoms with Crippen LogP contribution in [0.25, 0.3) is 10.6 Å². The molecule has 1 aliphatic heterocycles. The summed E-state index contributed by atoms with van der Waals surface area (Å²) in [6, 6.07) is 1.47.